The Hall–Kier alpha value is -2.10. The summed E-state index contributed by atoms with van der Waals surface area (Å²) in [7, 11) is 3.31. The first-order valence-corrected chi connectivity index (χ1v) is 6.37. The Labute approximate surface area is 114 Å². The summed E-state index contributed by atoms with van der Waals surface area (Å²) in [5.41, 5.74) is 2.24. The fourth-order valence-electron chi connectivity index (χ4n) is 2.02. The van der Waals surface area contributed by atoms with E-state index in [0.717, 1.165) is 30.3 Å². The third-order valence-corrected chi connectivity index (χ3v) is 3.09. The second-order valence-corrected chi connectivity index (χ2v) is 4.24. The van der Waals surface area contributed by atoms with Gasteiger partial charge in [0.15, 0.2) is 0 Å². The molecule has 0 aliphatic rings. The lowest BCUT2D eigenvalue weighted by Crippen LogP contribution is -2.06. The molecule has 0 fully saturated rings. The van der Waals surface area contributed by atoms with Crippen LogP contribution in [0.2, 0.25) is 0 Å². The topological polar surface area (TPSA) is 35.4 Å². The molecule has 0 amide bonds. The van der Waals surface area contributed by atoms with Gasteiger partial charge in [0.2, 0.25) is 0 Å². The molecule has 1 aromatic heterocycles. The number of ether oxygens (including phenoxy) is 2. The quantitative estimate of drug-likeness (QED) is 0.866. The highest BCUT2D eigenvalue weighted by Crippen LogP contribution is 2.26. The minimum absolute atomic E-state index is 0.775. The highest BCUT2D eigenvalue weighted by atomic mass is 16.5. The number of anilines is 1. The number of nitrogens with zero attached hydrogens (tertiary/aromatic N) is 1. The van der Waals surface area contributed by atoms with Crippen LogP contribution >= 0.6 is 0 Å². The Kier molecular flexibility index (Phi) is 4.34. The minimum Gasteiger partial charge on any atom is -0.497 e. The van der Waals surface area contributed by atoms with Gasteiger partial charge >= 0.3 is 0 Å². The van der Waals surface area contributed by atoms with Crippen LogP contribution in [-0.4, -0.2) is 18.8 Å². The van der Waals surface area contributed by atoms with E-state index in [1.54, 1.807) is 14.2 Å². The van der Waals surface area contributed by atoms with Crippen LogP contribution in [0.4, 0.5) is 5.69 Å². The molecule has 2 aromatic rings. The molecule has 2 rings (SSSR count). The molecule has 1 heterocycles. The number of aryl methyl sites for hydroxylation is 1. The highest BCUT2D eigenvalue weighted by molar-refractivity contribution is 5.53. The van der Waals surface area contributed by atoms with E-state index in [2.05, 4.69) is 35.1 Å². The number of hydrogen-bond donors (Lipinski definition) is 1. The SMILES string of the molecule is CCn1cccc1CNc1cc(OC)cc(OC)c1. The summed E-state index contributed by atoms with van der Waals surface area (Å²) in [6.45, 7) is 3.89. The van der Waals surface area contributed by atoms with Gasteiger partial charge in [-0.05, 0) is 19.1 Å². The maximum Gasteiger partial charge on any atom is 0.124 e. The Morgan fingerprint density at radius 3 is 2.37 bits per heavy atom. The second kappa shape index (κ2) is 6.18. The van der Waals surface area contributed by atoms with Gasteiger partial charge in [0, 0.05) is 42.3 Å². The summed E-state index contributed by atoms with van der Waals surface area (Å²) in [5.74, 6) is 1.57. The molecule has 0 saturated heterocycles. The predicted octanol–water partition coefficient (Wildman–Crippen LogP) is 3.14. The van der Waals surface area contributed by atoms with Gasteiger partial charge in [-0.25, -0.2) is 0 Å². The fourth-order valence-corrected chi connectivity index (χ4v) is 2.02. The molecule has 19 heavy (non-hydrogen) atoms. The smallest absolute Gasteiger partial charge is 0.124 e. The molecule has 1 N–H and O–H groups in total. The highest BCUT2D eigenvalue weighted by Gasteiger charge is 2.03. The van der Waals surface area contributed by atoms with Crippen molar-refractivity contribution in [3.8, 4) is 11.5 Å². The monoisotopic (exact) mass is 260 g/mol. The van der Waals surface area contributed by atoms with Crippen LogP contribution < -0.4 is 14.8 Å². The van der Waals surface area contributed by atoms with Gasteiger partial charge in [-0.3, -0.25) is 0 Å². The zero-order valence-corrected chi connectivity index (χ0v) is 11.6. The van der Waals surface area contributed by atoms with Gasteiger partial charge in [0.1, 0.15) is 11.5 Å². The van der Waals surface area contributed by atoms with Crippen molar-refractivity contribution in [1.82, 2.24) is 4.57 Å². The van der Waals surface area contributed by atoms with Crippen molar-refractivity contribution in [2.45, 2.75) is 20.0 Å². The van der Waals surface area contributed by atoms with Crippen molar-refractivity contribution in [3.63, 3.8) is 0 Å². The number of benzene rings is 1. The Balaban J connectivity index is 2.10. The number of methoxy groups -OCH3 is 2. The summed E-state index contributed by atoms with van der Waals surface area (Å²) < 4.78 is 12.7. The number of hydrogen-bond acceptors (Lipinski definition) is 3. The fraction of sp³-hybridized carbons (Fsp3) is 0.333. The van der Waals surface area contributed by atoms with E-state index < -0.39 is 0 Å². The van der Waals surface area contributed by atoms with Crippen molar-refractivity contribution in [1.29, 1.82) is 0 Å². The van der Waals surface area contributed by atoms with Crippen molar-refractivity contribution in [3.05, 3.63) is 42.2 Å². The van der Waals surface area contributed by atoms with Gasteiger partial charge in [0.05, 0.1) is 20.8 Å². The van der Waals surface area contributed by atoms with Crippen LogP contribution in [0.1, 0.15) is 12.6 Å². The Bertz CT molecular complexity index is 512. The van der Waals surface area contributed by atoms with Gasteiger partial charge in [-0.15, -0.1) is 0 Å². The molecule has 0 unspecified atom stereocenters. The van der Waals surface area contributed by atoms with Crippen molar-refractivity contribution in [2.24, 2.45) is 0 Å². The van der Waals surface area contributed by atoms with Crippen LogP contribution in [0.5, 0.6) is 11.5 Å². The van der Waals surface area contributed by atoms with E-state index in [1.807, 2.05) is 18.2 Å². The molecule has 1 aromatic carbocycles. The molecule has 0 saturated carbocycles. The van der Waals surface area contributed by atoms with Crippen LogP contribution in [0.3, 0.4) is 0 Å². The average Bonchev–Trinajstić information content (AvgIpc) is 2.92. The first-order chi connectivity index (χ1) is 9.26. The standard InChI is InChI=1S/C15H20N2O2/c1-4-17-7-5-6-13(17)11-16-12-8-14(18-2)10-15(9-12)19-3/h5-10,16H,4,11H2,1-3H3. The molecule has 4 heteroatoms. The van der Waals surface area contributed by atoms with E-state index >= 15 is 0 Å². The van der Waals surface area contributed by atoms with Gasteiger partial charge in [-0.1, -0.05) is 0 Å². The van der Waals surface area contributed by atoms with Gasteiger partial charge in [-0.2, -0.15) is 0 Å². The second-order valence-electron chi connectivity index (χ2n) is 4.24. The molecule has 102 valence electrons. The van der Waals surface area contributed by atoms with Crippen molar-refractivity contribution >= 4 is 5.69 Å². The molecule has 0 atom stereocenters. The Morgan fingerprint density at radius 2 is 1.79 bits per heavy atom. The maximum absolute atomic E-state index is 5.25. The van der Waals surface area contributed by atoms with Crippen LogP contribution in [0.15, 0.2) is 36.5 Å². The Morgan fingerprint density at radius 1 is 1.11 bits per heavy atom. The molecular formula is C15H20N2O2. The third kappa shape index (κ3) is 3.22. The molecule has 0 bridgehead atoms. The molecule has 4 nitrogen and oxygen atoms in total. The molecule has 0 spiro atoms. The predicted molar refractivity (Wildman–Crippen MR) is 77.0 cm³/mol. The summed E-state index contributed by atoms with van der Waals surface area (Å²) in [6.07, 6.45) is 2.09. The van der Waals surface area contributed by atoms with Crippen LogP contribution in [0, 0.1) is 0 Å². The first-order valence-electron chi connectivity index (χ1n) is 6.37. The summed E-state index contributed by atoms with van der Waals surface area (Å²) in [6, 6.07) is 9.96. The van der Waals surface area contributed by atoms with Gasteiger partial charge in [0.25, 0.3) is 0 Å². The first kappa shape index (κ1) is 13.3. The van der Waals surface area contributed by atoms with Crippen LogP contribution in [0.25, 0.3) is 0 Å². The summed E-state index contributed by atoms with van der Waals surface area (Å²) >= 11 is 0. The lowest BCUT2D eigenvalue weighted by molar-refractivity contribution is 0.394. The lowest BCUT2D eigenvalue weighted by atomic mass is 10.2. The molecule has 0 aliphatic carbocycles. The van der Waals surface area contributed by atoms with Crippen molar-refractivity contribution in [2.75, 3.05) is 19.5 Å². The summed E-state index contributed by atoms with van der Waals surface area (Å²) in [4.78, 5) is 0. The van der Waals surface area contributed by atoms with E-state index in [0.29, 0.717) is 0 Å². The van der Waals surface area contributed by atoms with E-state index in [4.69, 9.17) is 9.47 Å². The van der Waals surface area contributed by atoms with Gasteiger partial charge < -0.3 is 19.4 Å². The number of rotatable bonds is 6. The number of aromatic nitrogens is 1. The van der Waals surface area contributed by atoms with E-state index in [9.17, 15) is 0 Å². The zero-order chi connectivity index (χ0) is 13.7. The van der Waals surface area contributed by atoms with E-state index in [1.165, 1.54) is 5.69 Å². The maximum atomic E-state index is 5.25. The molecule has 0 aliphatic heterocycles. The van der Waals surface area contributed by atoms with E-state index in [-0.39, 0.29) is 0 Å². The number of nitrogens with one attached hydrogen (secondary N) is 1. The normalized spacial score (nSPS) is 10.3. The average molecular weight is 260 g/mol. The summed E-state index contributed by atoms with van der Waals surface area (Å²) in [5, 5.41) is 3.39. The molecular weight excluding hydrogens is 240 g/mol. The van der Waals surface area contributed by atoms with Crippen LogP contribution in [-0.2, 0) is 13.1 Å². The zero-order valence-electron chi connectivity index (χ0n) is 11.6. The van der Waals surface area contributed by atoms with Crippen molar-refractivity contribution < 1.29 is 9.47 Å². The largest absolute Gasteiger partial charge is 0.497 e. The third-order valence-electron chi connectivity index (χ3n) is 3.09. The molecule has 0 radical (unpaired) electrons. The minimum atomic E-state index is 0.775. The lowest BCUT2D eigenvalue weighted by Gasteiger charge is -2.12.